The van der Waals surface area contributed by atoms with Crippen molar-refractivity contribution in [3.63, 3.8) is 0 Å². The van der Waals surface area contributed by atoms with Crippen LogP contribution >= 0.6 is 12.4 Å². The van der Waals surface area contributed by atoms with Gasteiger partial charge in [0.05, 0.1) is 24.8 Å². The van der Waals surface area contributed by atoms with E-state index in [1.165, 1.54) is 6.08 Å². The molecule has 0 saturated carbocycles. The minimum absolute atomic E-state index is 0. The average Bonchev–Trinajstić information content (AvgIpc) is 2.53. The molecule has 0 atom stereocenters. The molecule has 13 heavy (non-hydrogen) atoms. The summed E-state index contributed by atoms with van der Waals surface area (Å²) in [4.78, 5) is 17.4. The fourth-order valence-electron chi connectivity index (χ4n) is 0.706. The second-order valence-corrected chi connectivity index (χ2v) is 2.09. The molecule has 0 amide bonds. The molecule has 4 nitrogen and oxygen atoms in total. The van der Waals surface area contributed by atoms with Crippen LogP contribution in [0.2, 0.25) is 0 Å². The third-order valence-corrected chi connectivity index (χ3v) is 1.20. The van der Waals surface area contributed by atoms with Gasteiger partial charge in [-0.15, -0.1) is 12.4 Å². The first kappa shape index (κ1) is 11.7. The summed E-state index contributed by atoms with van der Waals surface area (Å²) in [7, 11) is 0. The molecular weight excluding hydrogens is 192 g/mol. The molecule has 1 aromatic rings. The van der Waals surface area contributed by atoms with Crippen LogP contribution in [0.15, 0.2) is 18.6 Å². The number of nitrogens with one attached hydrogen (secondary N) is 1. The number of carbonyl (C=O) groups excluding carboxylic acids is 1. The quantitative estimate of drug-likeness (QED) is 0.596. The van der Waals surface area contributed by atoms with Crippen LogP contribution < -0.4 is 0 Å². The Bertz CT molecular complexity index is 270. The van der Waals surface area contributed by atoms with Crippen LogP contribution in [0.4, 0.5) is 0 Å². The highest BCUT2D eigenvalue weighted by molar-refractivity contribution is 5.86. The van der Waals surface area contributed by atoms with Gasteiger partial charge < -0.3 is 9.72 Å². The molecule has 0 unspecified atom stereocenters. The lowest BCUT2D eigenvalue weighted by atomic mass is 10.4. The Morgan fingerprint density at radius 2 is 2.54 bits per heavy atom. The maximum atomic E-state index is 10.8. The Morgan fingerprint density at radius 1 is 1.77 bits per heavy atom. The monoisotopic (exact) mass is 202 g/mol. The minimum atomic E-state index is -0.341. The molecule has 0 radical (unpaired) electrons. The van der Waals surface area contributed by atoms with E-state index in [9.17, 15) is 4.79 Å². The number of rotatable bonds is 3. The zero-order valence-corrected chi connectivity index (χ0v) is 8.00. The van der Waals surface area contributed by atoms with Crippen LogP contribution in [-0.2, 0) is 9.53 Å². The SMILES string of the molecule is CCOC(=O)C=Cc1cnc[nH]1.Cl. The van der Waals surface area contributed by atoms with E-state index in [-0.39, 0.29) is 18.4 Å². The summed E-state index contributed by atoms with van der Waals surface area (Å²) in [5.41, 5.74) is 0.781. The molecule has 0 saturated heterocycles. The van der Waals surface area contributed by atoms with Gasteiger partial charge in [-0.2, -0.15) is 0 Å². The Labute approximate surface area is 82.4 Å². The predicted octanol–water partition coefficient (Wildman–Crippen LogP) is 1.41. The van der Waals surface area contributed by atoms with E-state index in [2.05, 4.69) is 14.7 Å². The summed E-state index contributed by atoms with van der Waals surface area (Å²) in [5, 5.41) is 0. The number of halogens is 1. The third kappa shape index (κ3) is 4.32. The van der Waals surface area contributed by atoms with E-state index >= 15 is 0 Å². The molecule has 0 aromatic carbocycles. The highest BCUT2D eigenvalue weighted by Gasteiger charge is 1.93. The van der Waals surface area contributed by atoms with Gasteiger partial charge in [-0.3, -0.25) is 0 Å². The van der Waals surface area contributed by atoms with Gasteiger partial charge in [-0.05, 0) is 13.0 Å². The number of imidazole rings is 1. The maximum absolute atomic E-state index is 10.8. The topological polar surface area (TPSA) is 55.0 Å². The van der Waals surface area contributed by atoms with Gasteiger partial charge in [-0.25, -0.2) is 9.78 Å². The van der Waals surface area contributed by atoms with E-state index < -0.39 is 0 Å². The number of nitrogens with zero attached hydrogens (tertiary/aromatic N) is 1. The molecular formula is C8H11ClN2O2. The van der Waals surface area contributed by atoms with Crippen LogP contribution in [-0.4, -0.2) is 22.5 Å². The highest BCUT2D eigenvalue weighted by Crippen LogP contribution is 1.94. The van der Waals surface area contributed by atoms with Crippen molar-refractivity contribution in [2.75, 3.05) is 6.61 Å². The van der Waals surface area contributed by atoms with Crippen molar-refractivity contribution in [3.8, 4) is 0 Å². The summed E-state index contributed by atoms with van der Waals surface area (Å²) in [6, 6.07) is 0. The summed E-state index contributed by atoms with van der Waals surface area (Å²) in [6.07, 6.45) is 6.14. The Kier molecular flexibility index (Phi) is 5.63. The third-order valence-electron chi connectivity index (χ3n) is 1.20. The predicted molar refractivity (Wildman–Crippen MR) is 51.5 cm³/mol. The van der Waals surface area contributed by atoms with E-state index in [0.717, 1.165) is 5.69 Å². The zero-order chi connectivity index (χ0) is 8.81. The lowest BCUT2D eigenvalue weighted by molar-refractivity contribution is -0.137. The molecule has 0 fully saturated rings. The summed E-state index contributed by atoms with van der Waals surface area (Å²) < 4.78 is 4.68. The summed E-state index contributed by atoms with van der Waals surface area (Å²) in [5.74, 6) is -0.341. The van der Waals surface area contributed by atoms with Crippen LogP contribution in [0, 0.1) is 0 Å². The van der Waals surface area contributed by atoms with Crippen molar-refractivity contribution in [2.45, 2.75) is 6.92 Å². The molecule has 1 heterocycles. The lowest BCUT2D eigenvalue weighted by Gasteiger charge is -1.92. The molecule has 1 N–H and O–H groups in total. The number of H-pyrrole nitrogens is 1. The van der Waals surface area contributed by atoms with E-state index in [1.54, 1.807) is 25.5 Å². The number of esters is 1. The van der Waals surface area contributed by atoms with E-state index in [1.807, 2.05) is 0 Å². The van der Waals surface area contributed by atoms with Crippen LogP contribution in [0.25, 0.3) is 6.08 Å². The van der Waals surface area contributed by atoms with Crippen LogP contribution in [0.3, 0.4) is 0 Å². The Morgan fingerprint density at radius 3 is 3.08 bits per heavy atom. The fourth-order valence-corrected chi connectivity index (χ4v) is 0.706. The normalized spacial score (nSPS) is 9.62. The van der Waals surface area contributed by atoms with Crippen LogP contribution in [0.1, 0.15) is 12.6 Å². The standard InChI is InChI=1S/C8H10N2O2.ClH/c1-2-12-8(11)4-3-7-5-9-6-10-7;/h3-6H,2H2,1H3,(H,9,10);1H. The van der Waals surface area contributed by atoms with Gasteiger partial charge in [0.2, 0.25) is 0 Å². The maximum Gasteiger partial charge on any atom is 0.330 e. The molecule has 0 aliphatic carbocycles. The van der Waals surface area contributed by atoms with E-state index in [0.29, 0.717) is 6.61 Å². The Balaban J connectivity index is 0.00000144. The van der Waals surface area contributed by atoms with Gasteiger partial charge >= 0.3 is 5.97 Å². The smallest absolute Gasteiger partial charge is 0.330 e. The molecule has 1 rings (SSSR count). The molecule has 0 bridgehead atoms. The van der Waals surface area contributed by atoms with Gasteiger partial charge in [-0.1, -0.05) is 0 Å². The second-order valence-electron chi connectivity index (χ2n) is 2.09. The van der Waals surface area contributed by atoms with Gasteiger partial charge in [0, 0.05) is 6.08 Å². The van der Waals surface area contributed by atoms with Crippen molar-refractivity contribution in [1.29, 1.82) is 0 Å². The average molecular weight is 203 g/mol. The first-order valence-corrected chi connectivity index (χ1v) is 3.66. The number of hydrogen-bond donors (Lipinski definition) is 1. The van der Waals surface area contributed by atoms with Crippen molar-refractivity contribution < 1.29 is 9.53 Å². The second kappa shape index (κ2) is 6.25. The molecule has 0 aliphatic heterocycles. The largest absolute Gasteiger partial charge is 0.463 e. The number of carbonyl (C=O) groups is 1. The number of hydrogen-bond acceptors (Lipinski definition) is 3. The van der Waals surface area contributed by atoms with Crippen molar-refractivity contribution in [2.24, 2.45) is 0 Å². The molecule has 0 aliphatic rings. The summed E-state index contributed by atoms with van der Waals surface area (Å²) in [6.45, 7) is 2.16. The van der Waals surface area contributed by atoms with Gasteiger partial charge in [0.15, 0.2) is 0 Å². The number of aromatic amines is 1. The number of aromatic nitrogens is 2. The van der Waals surface area contributed by atoms with Crippen molar-refractivity contribution >= 4 is 24.5 Å². The van der Waals surface area contributed by atoms with Crippen LogP contribution in [0.5, 0.6) is 0 Å². The Hall–Kier alpha value is -1.29. The van der Waals surface area contributed by atoms with Gasteiger partial charge in [0.25, 0.3) is 0 Å². The lowest BCUT2D eigenvalue weighted by Crippen LogP contribution is -1.98. The zero-order valence-electron chi connectivity index (χ0n) is 7.19. The molecule has 5 heteroatoms. The fraction of sp³-hybridized carbons (Fsp3) is 0.250. The van der Waals surface area contributed by atoms with Gasteiger partial charge in [0.1, 0.15) is 0 Å². The first-order valence-electron chi connectivity index (χ1n) is 3.66. The van der Waals surface area contributed by atoms with Crippen molar-refractivity contribution in [3.05, 3.63) is 24.3 Å². The molecule has 1 aromatic heterocycles. The summed E-state index contributed by atoms with van der Waals surface area (Å²) >= 11 is 0. The van der Waals surface area contributed by atoms with E-state index in [4.69, 9.17) is 0 Å². The minimum Gasteiger partial charge on any atom is -0.463 e. The highest BCUT2D eigenvalue weighted by atomic mass is 35.5. The molecule has 0 spiro atoms. The van der Waals surface area contributed by atoms with Crippen molar-refractivity contribution in [1.82, 2.24) is 9.97 Å². The molecule has 72 valence electrons. The number of ether oxygens (including phenoxy) is 1. The first-order chi connectivity index (χ1) is 5.83.